The third kappa shape index (κ3) is 5.26. The van der Waals surface area contributed by atoms with Crippen molar-refractivity contribution in [1.29, 1.82) is 0 Å². The Balaban J connectivity index is 2.63. The maximum atomic E-state index is 13.2. The number of benzene rings is 1. The maximum absolute atomic E-state index is 13.2. The van der Waals surface area contributed by atoms with Crippen molar-refractivity contribution >= 4 is 17.6 Å². The van der Waals surface area contributed by atoms with Crippen LogP contribution in [0.5, 0.6) is 0 Å². The van der Waals surface area contributed by atoms with E-state index in [0.29, 0.717) is 17.7 Å². The molecule has 0 bridgehead atoms. The van der Waals surface area contributed by atoms with Crippen molar-refractivity contribution < 1.29 is 14.0 Å². The van der Waals surface area contributed by atoms with Crippen LogP contribution in [0.1, 0.15) is 31.7 Å². The number of carbonyl (C=O) groups is 2. The molecule has 1 atom stereocenters. The van der Waals surface area contributed by atoms with Crippen LogP contribution in [-0.4, -0.2) is 18.0 Å². The average Bonchev–Trinajstić information content (AvgIpc) is 2.32. The average molecular weight is 281 g/mol. The summed E-state index contributed by atoms with van der Waals surface area (Å²) in [4.78, 5) is 23.0. The van der Waals surface area contributed by atoms with Gasteiger partial charge in [-0.25, -0.2) is 9.18 Å². The molecule has 0 unspecified atom stereocenters. The molecule has 6 heteroatoms. The summed E-state index contributed by atoms with van der Waals surface area (Å²) in [5.41, 5.74) is 6.25. The first-order chi connectivity index (χ1) is 9.42. The zero-order chi connectivity index (χ0) is 15.1. The molecule has 20 heavy (non-hydrogen) atoms. The second kappa shape index (κ2) is 7.47. The van der Waals surface area contributed by atoms with Crippen LogP contribution in [0, 0.1) is 12.7 Å². The number of nitrogens with two attached hydrogens (primary N) is 1. The highest BCUT2D eigenvalue weighted by atomic mass is 19.1. The van der Waals surface area contributed by atoms with Gasteiger partial charge in [0.05, 0.1) is 0 Å². The molecule has 0 heterocycles. The van der Waals surface area contributed by atoms with Gasteiger partial charge >= 0.3 is 6.03 Å². The lowest BCUT2D eigenvalue weighted by molar-refractivity contribution is -0.119. The highest BCUT2D eigenvalue weighted by molar-refractivity contribution is 5.93. The van der Waals surface area contributed by atoms with Crippen LogP contribution in [0.4, 0.5) is 14.9 Å². The first kappa shape index (κ1) is 15.9. The molecule has 5 nitrogen and oxygen atoms in total. The van der Waals surface area contributed by atoms with Crippen LogP contribution in [-0.2, 0) is 4.79 Å². The Hall–Kier alpha value is -2.11. The first-order valence-electron chi connectivity index (χ1n) is 6.56. The first-order valence-corrected chi connectivity index (χ1v) is 6.56. The molecule has 3 amide bonds. The van der Waals surface area contributed by atoms with Gasteiger partial charge in [-0.2, -0.15) is 0 Å². The molecule has 0 fully saturated rings. The zero-order valence-electron chi connectivity index (χ0n) is 11.7. The summed E-state index contributed by atoms with van der Waals surface area (Å²) in [5.74, 6) is -1.01. The van der Waals surface area contributed by atoms with E-state index in [1.54, 1.807) is 13.0 Å². The number of unbranched alkanes of at least 4 members (excludes halogenated alkanes) is 1. The van der Waals surface area contributed by atoms with E-state index in [4.69, 9.17) is 5.73 Å². The Bertz CT molecular complexity index is 471. The minimum absolute atomic E-state index is 0.332. The van der Waals surface area contributed by atoms with E-state index in [1.807, 2.05) is 6.92 Å². The lowest BCUT2D eigenvalue weighted by Crippen LogP contribution is -2.46. The van der Waals surface area contributed by atoms with Crippen LogP contribution >= 0.6 is 0 Å². The van der Waals surface area contributed by atoms with Gasteiger partial charge in [0.2, 0.25) is 5.91 Å². The highest BCUT2D eigenvalue weighted by Crippen LogP contribution is 2.13. The summed E-state index contributed by atoms with van der Waals surface area (Å²) in [6.45, 7) is 3.70. The van der Waals surface area contributed by atoms with E-state index in [1.165, 1.54) is 12.1 Å². The fourth-order valence-corrected chi connectivity index (χ4v) is 1.83. The van der Waals surface area contributed by atoms with E-state index < -0.39 is 23.8 Å². The fraction of sp³-hybridized carbons (Fsp3) is 0.429. The molecule has 0 aromatic heterocycles. The summed E-state index contributed by atoms with van der Waals surface area (Å²) >= 11 is 0. The Morgan fingerprint density at radius 2 is 2.05 bits per heavy atom. The highest BCUT2D eigenvalue weighted by Gasteiger charge is 2.17. The third-order valence-electron chi connectivity index (χ3n) is 2.80. The van der Waals surface area contributed by atoms with E-state index in [-0.39, 0.29) is 0 Å². The number of hydrogen-bond acceptors (Lipinski definition) is 2. The van der Waals surface area contributed by atoms with E-state index in [2.05, 4.69) is 10.6 Å². The van der Waals surface area contributed by atoms with Gasteiger partial charge in [0.15, 0.2) is 0 Å². The van der Waals surface area contributed by atoms with Crippen LogP contribution in [0.3, 0.4) is 0 Å². The van der Waals surface area contributed by atoms with E-state index in [0.717, 1.165) is 12.8 Å². The molecular weight excluding hydrogens is 261 g/mol. The molecule has 0 aliphatic rings. The van der Waals surface area contributed by atoms with Gasteiger partial charge < -0.3 is 16.4 Å². The number of anilines is 1. The Labute approximate surface area is 117 Å². The molecule has 0 spiro atoms. The minimum Gasteiger partial charge on any atom is -0.368 e. The van der Waals surface area contributed by atoms with Gasteiger partial charge in [0.1, 0.15) is 11.9 Å². The predicted octanol–water partition coefficient (Wildman–Crippen LogP) is 2.30. The largest absolute Gasteiger partial charge is 0.368 e. The quantitative estimate of drug-likeness (QED) is 0.747. The van der Waals surface area contributed by atoms with Gasteiger partial charge in [-0.15, -0.1) is 0 Å². The van der Waals surface area contributed by atoms with Crippen molar-refractivity contribution in [2.45, 2.75) is 39.2 Å². The smallest absolute Gasteiger partial charge is 0.319 e. The molecule has 1 aromatic rings. The van der Waals surface area contributed by atoms with Crippen molar-refractivity contribution in [3.8, 4) is 0 Å². The number of halogens is 1. The molecule has 0 aliphatic heterocycles. The number of primary amides is 1. The SMILES string of the molecule is CCCC[C@@H](NC(=O)Nc1cc(C)cc(F)c1)C(N)=O. The predicted molar refractivity (Wildman–Crippen MR) is 75.8 cm³/mol. The van der Waals surface area contributed by atoms with Gasteiger partial charge in [-0.05, 0) is 37.1 Å². The number of hydrogen-bond donors (Lipinski definition) is 3. The molecule has 0 aliphatic carbocycles. The van der Waals surface area contributed by atoms with Crippen molar-refractivity contribution in [2.75, 3.05) is 5.32 Å². The van der Waals surface area contributed by atoms with Crippen molar-refractivity contribution in [3.05, 3.63) is 29.6 Å². The molecule has 110 valence electrons. The molecule has 0 saturated heterocycles. The Kier molecular flexibility index (Phi) is 5.96. The van der Waals surface area contributed by atoms with Crippen molar-refractivity contribution in [3.63, 3.8) is 0 Å². The molecule has 0 radical (unpaired) electrons. The van der Waals surface area contributed by atoms with Crippen LogP contribution in [0.25, 0.3) is 0 Å². The van der Waals surface area contributed by atoms with Gasteiger partial charge in [0.25, 0.3) is 0 Å². The van der Waals surface area contributed by atoms with E-state index in [9.17, 15) is 14.0 Å². The monoisotopic (exact) mass is 281 g/mol. The molecule has 0 saturated carbocycles. The van der Waals surface area contributed by atoms with Crippen LogP contribution < -0.4 is 16.4 Å². The summed E-state index contributed by atoms with van der Waals surface area (Å²) in [6.07, 6.45) is 2.17. The van der Waals surface area contributed by atoms with Gasteiger partial charge in [-0.3, -0.25) is 4.79 Å². The fourth-order valence-electron chi connectivity index (χ4n) is 1.83. The number of amides is 3. The molecule has 4 N–H and O–H groups in total. The minimum atomic E-state index is -0.718. The molecular formula is C14H20FN3O2. The lowest BCUT2D eigenvalue weighted by atomic mass is 10.1. The molecule has 1 rings (SSSR count). The summed E-state index contributed by atoms with van der Waals surface area (Å²) in [5, 5.41) is 4.98. The number of aryl methyl sites for hydroxylation is 1. The second-order valence-electron chi connectivity index (χ2n) is 4.71. The standard InChI is InChI=1S/C14H20FN3O2/c1-3-4-5-12(13(16)19)18-14(20)17-11-7-9(2)6-10(15)8-11/h6-8,12H,3-5H2,1-2H3,(H2,16,19)(H2,17,18,20)/t12-/m1/s1. The topological polar surface area (TPSA) is 84.2 Å². The second-order valence-corrected chi connectivity index (χ2v) is 4.71. The summed E-state index contributed by atoms with van der Waals surface area (Å²) in [6, 6.07) is 2.90. The van der Waals surface area contributed by atoms with Gasteiger partial charge in [-0.1, -0.05) is 19.8 Å². The number of carbonyl (C=O) groups excluding carboxylic acids is 2. The zero-order valence-corrected chi connectivity index (χ0v) is 11.7. The third-order valence-corrected chi connectivity index (χ3v) is 2.80. The maximum Gasteiger partial charge on any atom is 0.319 e. The van der Waals surface area contributed by atoms with Crippen LogP contribution in [0.15, 0.2) is 18.2 Å². The Morgan fingerprint density at radius 3 is 2.60 bits per heavy atom. The normalized spacial score (nSPS) is 11.8. The van der Waals surface area contributed by atoms with Crippen molar-refractivity contribution in [2.24, 2.45) is 5.73 Å². The van der Waals surface area contributed by atoms with Crippen molar-refractivity contribution in [1.82, 2.24) is 5.32 Å². The summed E-state index contributed by atoms with van der Waals surface area (Å²) in [7, 11) is 0. The number of urea groups is 1. The number of rotatable bonds is 6. The van der Waals surface area contributed by atoms with Gasteiger partial charge in [0, 0.05) is 5.69 Å². The number of nitrogens with one attached hydrogen (secondary N) is 2. The van der Waals surface area contributed by atoms with Crippen LogP contribution in [0.2, 0.25) is 0 Å². The Morgan fingerprint density at radius 1 is 1.35 bits per heavy atom. The lowest BCUT2D eigenvalue weighted by Gasteiger charge is -2.15. The van der Waals surface area contributed by atoms with E-state index >= 15 is 0 Å². The molecule has 1 aromatic carbocycles. The summed E-state index contributed by atoms with van der Waals surface area (Å²) < 4.78 is 13.2.